The van der Waals surface area contributed by atoms with Crippen molar-refractivity contribution in [2.45, 2.75) is 6.61 Å². The Labute approximate surface area is 69.5 Å². The van der Waals surface area contributed by atoms with E-state index in [4.69, 9.17) is 5.11 Å². The summed E-state index contributed by atoms with van der Waals surface area (Å²) in [5, 5.41) is 14.0. The molecule has 0 bridgehead atoms. The van der Waals surface area contributed by atoms with Crippen LogP contribution in [0, 0.1) is 0 Å². The molecular formula is C8H9N3O. The molecule has 0 saturated heterocycles. The number of rotatable bonds is 1. The third-order valence-corrected chi connectivity index (χ3v) is 1.82. The Morgan fingerprint density at radius 2 is 2.42 bits per heavy atom. The summed E-state index contributed by atoms with van der Waals surface area (Å²) in [4.78, 5) is 4.14. The maximum atomic E-state index is 8.95. The van der Waals surface area contributed by atoms with Crippen LogP contribution in [0.1, 0.15) is 5.69 Å². The molecule has 12 heavy (non-hydrogen) atoms. The average Bonchev–Trinajstić information content (AvgIpc) is 2.44. The number of fused-ring (bicyclic) bond motifs is 1. The number of hydrogen-bond donors (Lipinski definition) is 1. The Morgan fingerprint density at radius 3 is 3.17 bits per heavy atom. The van der Waals surface area contributed by atoms with Gasteiger partial charge in [-0.3, -0.25) is 4.68 Å². The van der Waals surface area contributed by atoms with E-state index in [0.29, 0.717) is 5.69 Å². The molecule has 0 atom stereocenters. The van der Waals surface area contributed by atoms with Crippen LogP contribution < -0.4 is 0 Å². The molecule has 0 aromatic carbocycles. The zero-order chi connectivity index (χ0) is 8.55. The minimum Gasteiger partial charge on any atom is -0.390 e. The lowest BCUT2D eigenvalue weighted by atomic mass is 10.3. The molecule has 0 amide bonds. The standard InChI is InChI=1S/C8H9N3O/c1-11-8-6(3-2-4-9-8)7(5-12)10-11/h2-4,12H,5H2,1H3. The molecule has 62 valence electrons. The molecule has 1 N–H and O–H groups in total. The molecule has 2 rings (SSSR count). The Kier molecular flexibility index (Phi) is 1.55. The van der Waals surface area contributed by atoms with E-state index in [1.165, 1.54) is 0 Å². The Hall–Kier alpha value is -1.42. The predicted molar refractivity (Wildman–Crippen MR) is 44.4 cm³/mol. The molecule has 0 spiro atoms. The van der Waals surface area contributed by atoms with Gasteiger partial charge in [0.25, 0.3) is 0 Å². The van der Waals surface area contributed by atoms with Gasteiger partial charge >= 0.3 is 0 Å². The molecule has 0 aliphatic carbocycles. The van der Waals surface area contributed by atoms with Crippen LogP contribution in [0.3, 0.4) is 0 Å². The first-order chi connectivity index (χ1) is 5.83. The van der Waals surface area contributed by atoms with E-state index in [-0.39, 0.29) is 6.61 Å². The fourth-order valence-electron chi connectivity index (χ4n) is 1.28. The molecule has 2 heterocycles. The highest BCUT2D eigenvalue weighted by Gasteiger charge is 2.06. The van der Waals surface area contributed by atoms with Crippen LogP contribution in [0.2, 0.25) is 0 Å². The van der Waals surface area contributed by atoms with Gasteiger partial charge in [0.05, 0.1) is 12.3 Å². The number of aryl methyl sites for hydroxylation is 1. The second kappa shape index (κ2) is 2.57. The SMILES string of the molecule is Cn1nc(CO)c2cccnc21. The van der Waals surface area contributed by atoms with Gasteiger partial charge < -0.3 is 5.11 Å². The number of hydrogen-bond acceptors (Lipinski definition) is 3. The molecule has 2 aromatic heterocycles. The lowest BCUT2D eigenvalue weighted by Gasteiger charge is -1.89. The van der Waals surface area contributed by atoms with E-state index in [9.17, 15) is 0 Å². The average molecular weight is 163 g/mol. The topological polar surface area (TPSA) is 50.9 Å². The van der Waals surface area contributed by atoms with Crippen molar-refractivity contribution < 1.29 is 5.11 Å². The summed E-state index contributed by atoms with van der Waals surface area (Å²) in [7, 11) is 1.81. The van der Waals surface area contributed by atoms with Gasteiger partial charge in [-0.15, -0.1) is 0 Å². The van der Waals surface area contributed by atoms with Gasteiger partial charge in [0.15, 0.2) is 5.65 Å². The molecule has 0 radical (unpaired) electrons. The number of pyridine rings is 1. The fraction of sp³-hybridized carbons (Fsp3) is 0.250. The third-order valence-electron chi connectivity index (χ3n) is 1.82. The second-order valence-corrected chi connectivity index (χ2v) is 2.60. The highest BCUT2D eigenvalue weighted by molar-refractivity contribution is 5.77. The summed E-state index contributed by atoms with van der Waals surface area (Å²) >= 11 is 0. The van der Waals surface area contributed by atoms with Gasteiger partial charge in [0, 0.05) is 18.6 Å². The van der Waals surface area contributed by atoms with Crippen LogP contribution in [-0.2, 0) is 13.7 Å². The summed E-state index contributed by atoms with van der Waals surface area (Å²) in [6.45, 7) is -0.0387. The maximum Gasteiger partial charge on any atom is 0.157 e. The summed E-state index contributed by atoms with van der Waals surface area (Å²) in [5.41, 5.74) is 1.49. The zero-order valence-corrected chi connectivity index (χ0v) is 6.73. The lowest BCUT2D eigenvalue weighted by Crippen LogP contribution is -1.92. The molecule has 4 heteroatoms. The van der Waals surface area contributed by atoms with E-state index in [0.717, 1.165) is 11.0 Å². The molecule has 4 nitrogen and oxygen atoms in total. The zero-order valence-electron chi connectivity index (χ0n) is 6.73. The van der Waals surface area contributed by atoms with Crippen LogP contribution in [0.4, 0.5) is 0 Å². The normalized spacial score (nSPS) is 10.8. The van der Waals surface area contributed by atoms with Crippen molar-refractivity contribution in [2.24, 2.45) is 7.05 Å². The van der Waals surface area contributed by atoms with Crippen molar-refractivity contribution in [3.05, 3.63) is 24.0 Å². The predicted octanol–water partition coefficient (Wildman–Crippen LogP) is 0.461. The van der Waals surface area contributed by atoms with Crippen molar-refractivity contribution in [3.8, 4) is 0 Å². The molecule has 0 fully saturated rings. The largest absolute Gasteiger partial charge is 0.390 e. The maximum absolute atomic E-state index is 8.95. The van der Waals surface area contributed by atoms with E-state index in [1.54, 1.807) is 10.9 Å². The van der Waals surface area contributed by atoms with Gasteiger partial charge in [-0.05, 0) is 12.1 Å². The molecular weight excluding hydrogens is 154 g/mol. The van der Waals surface area contributed by atoms with Crippen molar-refractivity contribution in [2.75, 3.05) is 0 Å². The number of aliphatic hydroxyl groups is 1. The van der Waals surface area contributed by atoms with Gasteiger partial charge in [0.2, 0.25) is 0 Å². The van der Waals surface area contributed by atoms with Gasteiger partial charge in [0.1, 0.15) is 0 Å². The first-order valence-electron chi connectivity index (χ1n) is 3.70. The quantitative estimate of drug-likeness (QED) is 0.664. The van der Waals surface area contributed by atoms with Crippen LogP contribution in [-0.4, -0.2) is 19.9 Å². The number of aliphatic hydroxyl groups excluding tert-OH is 1. The summed E-state index contributed by atoms with van der Waals surface area (Å²) in [5.74, 6) is 0. The van der Waals surface area contributed by atoms with Gasteiger partial charge in [-0.2, -0.15) is 5.10 Å². The summed E-state index contributed by atoms with van der Waals surface area (Å²) < 4.78 is 1.67. The van der Waals surface area contributed by atoms with Crippen molar-refractivity contribution in [3.63, 3.8) is 0 Å². The second-order valence-electron chi connectivity index (χ2n) is 2.60. The molecule has 0 aliphatic heterocycles. The van der Waals surface area contributed by atoms with Crippen LogP contribution in [0.5, 0.6) is 0 Å². The van der Waals surface area contributed by atoms with Crippen LogP contribution in [0.25, 0.3) is 11.0 Å². The van der Waals surface area contributed by atoms with Crippen LogP contribution >= 0.6 is 0 Å². The number of aromatic nitrogens is 3. The van der Waals surface area contributed by atoms with E-state index in [2.05, 4.69) is 10.1 Å². The molecule has 0 saturated carbocycles. The minimum atomic E-state index is -0.0387. The first kappa shape index (κ1) is 7.24. The Balaban J connectivity index is 2.82. The lowest BCUT2D eigenvalue weighted by molar-refractivity contribution is 0.277. The number of nitrogens with zero attached hydrogens (tertiary/aromatic N) is 3. The Morgan fingerprint density at radius 1 is 1.58 bits per heavy atom. The minimum absolute atomic E-state index is 0.0387. The van der Waals surface area contributed by atoms with Gasteiger partial charge in [-0.25, -0.2) is 4.98 Å². The smallest absolute Gasteiger partial charge is 0.157 e. The monoisotopic (exact) mass is 163 g/mol. The highest BCUT2D eigenvalue weighted by atomic mass is 16.3. The van der Waals surface area contributed by atoms with Crippen molar-refractivity contribution in [1.82, 2.24) is 14.8 Å². The van der Waals surface area contributed by atoms with E-state index >= 15 is 0 Å². The molecule has 2 aromatic rings. The molecule has 0 unspecified atom stereocenters. The van der Waals surface area contributed by atoms with Crippen molar-refractivity contribution in [1.29, 1.82) is 0 Å². The van der Waals surface area contributed by atoms with Crippen LogP contribution in [0.15, 0.2) is 18.3 Å². The van der Waals surface area contributed by atoms with E-state index in [1.807, 2.05) is 19.2 Å². The Bertz CT molecular complexity index is 408. The van der Waals surface area contributed by atoms with Gasteiger partial charge in [-0.1, -0.05) is 0 Å². The highest BCUT2D eigenvalue weighted by Crippen LogP contribution is 2.14. The van der Waals surface area contributed by atoms with E-state index < -0.39 is 0 Å². The van der Waals surface area contributed by atoms with Crippen molar-refractivity contribution >= 4 is 11.0 Å². The summed E-state index contributed by atoms with van der Waals surface area (Å²) in [6.07, 6.45) is 1.71. The first-order valence-corrected chi connectivity index (χ1v) is 3.70. The molecule has 0 aliphatic rings. The third kappa shape index (κ3) is 0.887. The fourth-order valence-corrected chi connectivity index (χ4v) is 1.28. The summed E-state index contributed by atoms with van der Waals surface area (Å²) in [6, 6.07) is 3.74.